The Morgan fingerprint density at radius 3 is 2.83 bits per heavy atom. The third-order valence-corrected chi connectivity index (χ3v) is 4.05. The summed E-state index contributed by atoms with van der Waals surface area (Å²) in [5.41, 5.74) is 1.79. The molecule has 24 heavy (non-hydrogen) atoms. The summed E-state index contributed by atoms with van der Waals surface area (Å²) in [6, 6.07) is 12.5. The van der Waals surface area contributed by atoms with Crippen molar-refractivity contribution in [3.05, 3.63) is 65.3 Å². The Bertz CT molecular complexity index is 897. The molecule has 3 rings (SSSR count). The molecule has 1 aromatic carbocycles. The van der Waals surface area contributed by atoms with Crippen LogP contribution in [0, 0.1) is 0 Å². The van der Waals surface area contributed by atoms with Gasteiger partial charge in [0.15, 0.2) is 0 Å². The number of carbonyl (C=O) groups excluding carboxylic acids is 1. The average Bonchev–Trinajstić information content (AvgIpc) is 3.03. The molecule has 0 radical (unpaired) electrons. The molecule has 0 spiro atoms. The maximum absolute atomic E-state index is 12.3. The van der Waals surface area contributed by atoms with Crippen molar-refractivity contribution in [2.45, 2.75) is 25.9 Å². The summed E-state index contributed by atoms with van der Waals surface area (Å²) in [7, 11) is 0. The summed E-state index contributed by atoms with van der Waals surface area (Å²) in [6.45, 7) is 2.96. The van der Waals surface area contributed by atoms with E-state index in [9.17, 15) is 9.59 Å². The topological polar surface area (TPSA) is 68.9 Å². The van der Waals surface area contributed by atoms with Crippen LogP contribution >= 0.6 is 0 Å². The number of benzene rings is 1. The fourth-order valence-electron chi connectivity index (χ4n) is 2.67. The lowest BCUT2D eigenvalue weighted by Crippen LogP contribution is -2.32. The molecule has 0 bridgehead atoms. The standard InChI is InChI=1S/C18H20N4O2/c1-14(22-13-20-15-7-2-3-8-16(15)22)18(24)19-10-6-12-21-11-5-4-9-17(21)23/h2-5,7-9,11,13-14H,6,10,12H2,1H3,(H,19,24)/t14-/m1/s1. The minimum absolute atomic E-state index is 0.0259. The molecule has 1 atom stereocenters. The van der Waals surface area contributed by atoms with Gasteiger partial charge in [-0.15, -0.1) is 0 Å². The van der Waals surface area contributed by atoms with Crippen LogP contribution in [0.1, 0.15) is 19.4 Å². The molecule has 0 aliphatic carbocycles. The van der Waals surface area contributed by atoms with Crippen molar-refractivity contribution >= 4 is 16.9 Å². The number of fused-ring (bicyclic) bond motifs is 1. The van der Waals surface area contributed by atoms with Crippen molar-refractivity contribution in [1.29, 1.82) is 0 Å². The number of aromatic nitrogens is 3. The summed E-state index contributed by atoms with van der Waals surface area (Å²) >= 11 is 0. The van der Waals surface area contributed by atoms with Crippen LogP contribution in [0.3, 0.4) is 0 Å². The smallest absolute Gasteiger partial charge is 0.250 e. The van der Waals surface area contributed by atoms with Crippen molar-refractivity contribution in [2.24, 2.45) is 0 Å². The van der Waals surface area contributed by atoms with Crippen molar-refractivity contribution in [2.75, 3.05) is 6.54 Å². The van der Waals surface area contributed by atoms with E-state index in [0.717, 1.165) is 11.0 Å². The van der Waals surface area contributed by atoms with Crippen LogP contribution in [0.4, 0.5) is 0 Å². The van der Waals surface area contributed by atoms with Crippen LogP contribution in [-0.4, -0.2) is 26.6 Å². The fourth-order valence-corrected chi connectivity index (χ4v) is 2.67. The predicted octanol–water partition coefficient (Wildman–Crippen LogP) is 1.97. The number of rotatable bonds is 6. The van der Waals surface area contributed by atoms with E-state index in [1.54, 1.807) is 23.2 Å². The normalized spacial score (nSPS) is 12.2. The van der Waals surface area contributed by atoms with E-state index in [0.29, 0.717) is 19.5 Å². The molecule has 1 N–H and O–H groups in total. The second-order valence-corrected chi connectivity index (χ2v) is 5.69. The van der Waals surface area contributed by atoms with Gasteiger partial charge in [0, 0.05) is 25.4 Å². The molecule has 0 fully saturated rings. The molecule has 0 aliphatic heterocycles. The maximum atomic E-state index is 12.3. The number of nitrogens with zero attached hydrogens (tertiary/aromatic N) is 3. The van der Waals surface area contributed by atoms with Gasteiger partial charge >= 0.3 is 0 Å². The SMILES string of the molecule is C[C@H](C(=O)NCCCn1ccccc1=O)n1cnc2ccccc21. The van der Waals surface area contributed by atoms with Crippen LogP contribution in [0.5, 0.6) is 0 Å². The first-order valence-electron chi connectivity index (χ1n) is 8.01. The molecule has 0 aliphatic rings. The molecular weight excluding hydrogens is 304 g/mol. The monoisotopic (exact) mass is 324 g/mol. The van der Waals surface area contributed by atoms with Gasteiger partial charge in [-0.3, -0.25) is 9.59 Å². The molecule has 0 unspecified atom stereocenters. The Morgan fingerprint density at radius 2 is 2.00 bits per heavy atom. The third kappa shape index (κ3) is 3.37. The highest BCUT2D eigenvalue weighted by molar-refractivity contribution is 5.83. The fraction of sp³-hybridized carbons (Fsp3) is 0.278. The lowest BCUT2D eigenvalue weighted by Gasteiger charge is -2.14. The predicted molar refractivity (Wildman–Crippen MR) is 92.8 cm³/mol. The molecule has 2 heterocycles. The Balaban J connectivity index is 1.55. The van der Waals surface area contributed by atoms with E-state index in [4.69, 9.17) is 0 Å². The molecule has 6 heteroatoms. The van der Waals surface area contributed by atoms with Gasteiger partial charge in [0.05, 0.1) is 17.4 Å². The summed E-state index contributed by atoms with van der Waals surface area (Å²) in [6.07, 6.45) is 4.15. The maximum Gasteiger partial charge on any atom is 0.250 e. The lowest BCUT2D eigenvalue weighted by atomic mass is 10.2. The van der Waals surface area contributed by atoms with Gasteiger partial charge in [-0.1, -0.05) is 18.2 Å². The summed E-state index contributed by atoms with van der Waals surface area (Å²) in [5, 5.41) is 2.92. The summed E-state index contributed by atoms with van der Waals surface area (Å²) in [4.78, 5) is 28.2. The largest absolute Gasteiger partial charge is 0.354 e. The van der Waals surface area contributed by atoms with Gasteiger partial charge in [0.25, 0.3) is 0 Å². The Hall–Kier alpha value is -2.89. The van der Waals surface area contributed by atoms with E-state index in [-0.39, 0.29) is 17.5 Å². The molecule has 6 nitrogen and oxygen atoms in total. The number of pyridine rings is 1. The summed E-state index contributed by atoms with van der Waals surface area (Å²) < 4.78 is 3.51. The molecular formula is C18H20N4O2. The number of nitrogens with one attached hydrogen (secondary N) is 1. The van der Waals surface area contributed by atoms with E-state index in [1.165, 1.54) is 6.07 Å². The number of imidazole rings is 1. The quantitative estimate of drug-likeness (QED) is 0.705. The Labute approximate surface area is 139 Å². The highest BCUT2D eigenvalue weighted by atomic mass is 16.2. The van der Waals surface area contributed by atoms with Crippen LogP contribution in [0.15, 0.2) is 59.8 Å². The van der Waals surface area contributed by atoms with E-state index in [1.807, 2.05) is 41.8 Å². The van der Waals surface area contributed by atoms with Gasteiger partial charge < -0.3 is 14.5 Å². The highest BCUT2D eigenvalue weighted by Crippen LogP contribution is 2.17. The second kappa shape index (κ2) is 7.12. The molecule has 2 aromatic heterocycles. The molecule has 1 amide bonds. The van der Waals surface area contributed by atoms with Crippen molar-refractivity contribution in [3.63, 3.8) is 0 Å². The first-order chi connectivity index (χ1) is 11.7. The number of hydrogen-bond donors (Lipinski definition) is 1. The first-order valence-corrected chi connectivity index (χ1v) is 8.01. The minimum atomic E-state index is -0.336. The Morgan fingerprint density at radius 1 is 1.21 bits per heavy atom. The van der Waals surface area contributed by atoms with Crippen LogP contribution in [-0.2, 0) is 11.3 Å². The minimum Gasteiger partial charge on any atom is -0.354 e. The van der Waals surface area contributed by atoms with Crippen LogP contribution in [0.2, 0.25) is 0 Å². The van der Waals surface area contributed by atoms with Gasteiger partial charge in [0.2, 0.25) is 11.5 Å². The number of carbonyl (C=O) groups is 1. The zero-order valence-electron chi connectivity index (χ0n) is 13.6. The Kier molecular flexibility index (Phi) is 4.74. The highest BCUT2D eigenvalue weighted by Gasteiger charge is 2.16. The number of para-hydroxylation sites is 2. The summed E-state index contributed by atoms with van der Waals surface area (Å²) in [5.74, 6) is -0.0569. The average molecular weight is 324 g/mol. The van der Waals surface area contributed by atoms with Crippen LogP contribution in [0.25, 0.3) is 11.0 Å². The van der Waals surface area contributed by atoms with E-state index < -0.39 is 0 Å². The number of amides is 1. The van der Waals surface area contributed by atoms with Crippen LogP contribution < -0.4 is 10.9 Å². The van der Waals surface area contributed by atoms with Gasteiger partial charge in [-0.2, -0.15) is 0 Å². The van der Waals surface area contributed by atoms with Crippen molar-refractivity contribution < 1.29 is 4.79 Å². The lowest BCUT2D eigenvalue weighted by molar-refractivity contribution is -0.123. The van der Waals surface area contributed by atoms with Gasteiger partial charge in [0.1, 0.15) is 6.04 Å². The van der Waals surface area contributed by atoms with E-state index >= 15 is 0 Å². The molecule has 0 saturated heterocycles. The third-order valence-electron chi connectivity index (χ3n) is 4.05. The molecule has 3 aromatic rings. The second-order valence-electron chi connectivity index (χ2n) is 5.69. The van der Waals surface area contributed by atoms with Gasteiger partial charge in [-0.25, -0.2) is 4.98 Å². The van der Waals surface area contributed by atoms with Crippen molar-refractivity contribution in [3.8, 4) is 0 Å². The van der Waals surface area contributed by atoms with E-state index in [2.05, 4.69) is 10.3 Å². The zero-order valence-corrected chi connectivity index (χ0v) is 13.6. The zero-order chi connectivity index (χ0) is 16.9. The van der Waals surface area contributed by atoms with Gasteiger partial charge in [-0.05, 0) is 31.5 Å². The number of hydrogen-bond acceptors (Lipinski definition) is 3. The first kappa shape index (κ1) is 16.0. The molecule has 124 valence electrons. The number of aryl methyl sites for hydroxylation is 1. The van der Waals surface area contributed by atoms with Crippen molar-refractivity contribution in [1.82, 2.24) is 19.4 Å². The molecule has 0 saturated carbocycles.